The molecule has 2 atom stereocenters. The Labute approximate surface area is 120 Å². The fraction of sp³-hybridized carbons (Fsp3) is 0.500. The number of esters is 2. The van der Waals surface area contributed by atoms with Crippen LogP contribution in [0.25, 0.3) is 0 Å². The van der Waals surface area contributed by atoms with Crippen LogP contribution in [0.3, 0.4) is 0 Å². The molecule has 0 bridgehead atoms. The summed E-state index contributed by atoms with van der Waals surface area (Å²) in [5, 5.41) is 0. The second kappa shape index (κ2) is 7.68. The van der Waals surface area contributed by atoms with Gasteiger partial charge in [-0.05, 0) is 26.7 Å². The first-order valence-electron chi connectivity index (χ1n) is 6.67. The third-order valence-electron chi connectivity index (χ3n) is 3.23. The quantitative estimate of drug-likeness (QED) is 0.573. The molecule has 0 N–H and O–H groups in total. The summed E-state index contributed by atoms with van der Waals surface area (Å²) >= 11 is 0. The van der Waals surface area contributed by atoms with Crippen LogP contribution < -0.4 is 0 Å². The molecule has 0 fully saturated rings. The van der Waals surface area contributed by atoms with Gasteiger partial charge in [0.2, 0.25) is 0 Å². The Kier molecular flexibility index (Phi) is 6.22. The summed E-state index contributed by atoms with van der Waals surface area (Å²) in [6.07, 6.45) is 9.32. The molecule has 0 saturated carbocycles. The van der Waals surface area contributed by atoms with Crippen molar-refractivity contribution in [3.8, 4) is 0 Å². The van der Waals surface area contributed by atoms with Gasteiger partial charge in [-0.3, -0.25) is 9.59 Å². The van der Waals surface area contributed by atoms with Crippen molar-refractivity contribution >= 4 is 11.9 Å². The molecule has 4 heteroatoms. The molecule has 1 aliphatic carbocycles. The molecule has 1 rings (SSSR count). The normalized spacial score (nSPS) is 20.9. The van der Waals surface area contributed by atoms with Gasteiger partial charge in [-0.15, -0.1) is 0 Å². The summed E-state index contributed by atoms with van der Waals surface area (Å²) in [4.78, 5) is 23.5. The van der Waals surface area contributed by atoms with Gasteiger partial charge in [-0.25, -0.2) is 0 Å². The smallest absolute Gasteiger partial charge is 0.313 e. The van der Waals surface area contributed by atoms with E-state index in [4.69, 9.17) is 9.47 Å². The van der Waals surface area contributed by atoms with Crippen molar-refractivity contribution in [1.29, 1.82) is 0 Å². The zero-order chi connectivity index (χ0) is 15.1. The fourth-order valence-corrected chi connectivity index (χ4v) is 2.14. The zero-order valence-corrected chi connectivity index (χ0v) is 12.5. The van der Waals surface area contributed by atoms with E-state index in [2.05, 4.69) is 19.9 Å². The van der Waals surface area contributed by atoms with Crippen LogP contribution in [0.4, 0.5) is 0 Å². The van der Waals surface area contributed by atoms with Crippen molar-refractivity contribution in [3.63, 3.8) is 0 Å². The molecule has 0 aromatic rings. The van der Waals surface area contributed by atoms with Gasteiger partial charge in [0.1, 0.15) is 0 Å². The van der Waals surface area contributed by atoms with E-state index in [9.17, 15) is 9.59 Å². The summed E-state index contributed by atoms with van der Waals surface area (Å²) in [7, 11) is 2.64. The predicted octanol–water partition coefficient (Wildman–Crippen LogP) is 2.81. The zero-order valence-electron chi connectivity index (χ0n) is 12.5. The maximum atomic E-state index is 11.8. The van der Waals surface area contributed by atoms with E-state index in [0.717, 1.165) is 18.4 Å². The molecule has 20 heavy (non-hydrogen) atoms. The number of allylic oxidation sites excluding steroid dienone is 4. The summed E-state index contributed by atoms with van der Waals surface area (Å²) in [5.41, 5.74) is 2.31. The predicted molar refractivity (Wildman–Crippen MR) is 76.9 cm³/mol. The van der Waals surface area contributed by atoms with Gasteiger partial charge < -0.3 is 9.47 Å². The van der Waals surface area contributed by atoms with Gasteiger partial charge in [0.25, 0.3) is 0 Å². The summed E-state index contributed by atoms with van der Waals surface area (Å²) in [6.45, 7) is 4.10. The molecule has 4 nitrogen and oxygen atoms in total. The first kappa shape index (κ1) is 16.2. The van der Waals surface area contributed by atoms with Crippen molar-refractivity contribution in [3.05, 3.63) is 35.5 Å². The topological polar surface area (TPSA) is 52.6 Å². The molecule has 0 saturated heterocycles. The van der Waals surface area contributed by atoms with Crippen LogP contribution in [0.5, 0.6) is 0 Å². The van der Waals surface area contributed by atoms with Crippen LogP contribution in [-0.2, 0) is 19.1 Å². The SMILES string of the molecule is COC(=O)C1C=CC(CCC=C(C)C)=CC1C(=O)OC. The first-order chi connectivity index (χ1) is 9.49. The molecule has 2 unspecified atom stereocenters. The van der Waals surface area contributed by atoms with E-state index >= 15 is 0 Å². The second-order valence-corrected chi connectivity index (χ2v) is 5.02. The second-order valence-electron chi connectivity index (χ2n) is 5.02. The fourth-order valence-electron chi connectivity index (χ4n) is 2.14. The third-order valence-corrected chi connectivity index (χ3v) is 3.23. The molecule has 0 aromatic carbocycles. The highest BCUT2D eigenvalue weighted by molar-refractivity contribution is 5.85. The Bertz CT molecular complexity index is 453. The van der Waals surface area contributed by atoms with E-state index in [1.165, 1.54) is 19.8 Å². The number of hydrogen-bond acceptors (Lipinski definition) is 4. The average Bonchev–Trinajstić information content (AvgIpc) is 2.45. The monoisotopic (exact) mass is 278 g/mol. The van der Waals surface area contributed by atoms with Crippen LogP contribution in [0.15, 0.2) is 35.5 Å². The largest absolute Gasteiger partial charge is 0.469 e. The van der Waals surface area contributed by atoms with Gasteiger partial charge in [-0.1, -0.05) is 35.5 Å². The Morgan fingerprint density at radius 3 is 2.30 bits per heavy atom. The van der Waals surface area contributed by atoms with E-state index in [-0.39, 0.29) is 0 Å². The van der Waals surface area contributed by atoms with Gasteiger partial charge in [-0.2, -0.15) is 0 Å². The number of ether oxygens (including phenoxy) is 2. The number of hydrogen-bond donors (Lipinski definition) is 0. The van der Waals surface area contributed by atoms with Crippen molar-refractivity contribution in [2.75, 3.05) is 14.2 Å². The number of rotatable bonds is 5. The van der Waals surface area contributed by atoms with E-state index < -0.39 is 23.8 Å². The van der Waals surface area contributed by atoms with E-state index in [1.807, 2.05) is 12.2 Å². The Balaban J connectivity index is 2.83. The molecule has 1 aliphatic rings. The summed E-state index contributed by atoms with van der Waals surface area (Å²) in [6, 6.07) is 0. The molecular weight excluding hydrogens is 256 g/mol. The lowest BCUT2D eigenvalue weighted by Crippen LogP contribution is -2.30. The number of carbonyl (C=O) groups is 2. The van der Waals surface area contributed by atoms with Gasteiger partial charge in [0, 0.05) is 0 Å². The lowest BCUT2D eigenvalue weighted by molar-refractivity contribution is -0.153. The van der Waals surface area contributed by atoms with Gasteiger partial charge in [0.15, 0.2) is 0 Å². The minimum absolute atomic E-state index is 0.413. The lowest BCUT2D eigenvalue weighted by atomic mass is 9.84. The Hall–Kier alpha value is -1.84. The van der Waals surface area contributed by atoms with Crippen LogP contribution in [0, 0.1) is 11.8 Å². The van der Waals surface area contributed by atoms with E-state index in [1.54, 1.807) is 6.08 Å². The standard InChI is InChI=1S/C16H22O4/c1-11(2)6-5-7-12-8-9-13(15(17)19-3)14(10-12)16(18)20-4/h6,8-10,13-14H,5,7H2,1-4H3. The Morgan fingerprint density at radius 2 is 1.75 bits per heavy atom. The molecular formula is C16H22O4. The molecule has 0 heterocycles. The van der Waals surface area contributed by atoms with E-state index in [0.29, 0.717) is 0 Å². The molecule has 0 aromatic heterocycles. The van der Waals surface area contributed by atoms with Crippen LogP contribution in [-0.4, -0.2) is 26.2 Å². The molecule has 0 spiro atoms. The van der Waals surface area contributed by atoms with Gasteiger partial charge >= 0.3 is 11.9 Å². The maximum Gasteiger partial charge on any atom is 0.313 e. The van der Waals surface area contributed by atoms with Crippen molar-refractivity contribution in [1.82, 2.24) is 0 Å². The first-order valence-corrected chi connectivity index (χ1v) is 6.67. The van der Waals surface area contributed by atoms with Crippen molar-refractivity contribution in [2.45, 2.75) is 26.7 Å². The third kappa shape index (κ3) is 4.37. The van der Waals surface area contributed by atoms with Crippen LogP contribution >= 0.6 is 0 Å². The van der Waals surface area contributed by atoms with Gasteiger partial charge in [0.05, 0.1) is 26.1 Å². The minimum atomic E-state index is -0.598. The summed E-state index contributed by atoms with van der Waals surface area (Å²) < 4.78 is 9.49. The average molecular weight is 278 g/mol. The maximum absolute atomic E-state index is 11.8. The number of carbonyl (C=O) groups excluding carboxylic acids is 2. The lowest BCUT2D eigenvalue weighted by Gasteiger charge is -2.22. The summed E-state index contributed by atoms with van der Waals surface area (Å²) in [5.74, 6) is -2.03. The van der Waals surface area contributed by atoms with Crippen LogP contribution in [0.1, 0.15) is 26.7 Å². The highest BCUT2D eigenvalue weighted by Crippen LogP contribution is 2.27. The van der Waals surface area contributed by atoms with Crippen molar-refractivity contribution < 1.29 is 19.1 Å². The molecule has 0 aliphatic heterocycles. The van der Waals surface area contributed by atoms with Crippen LogP contribution in [0.2, 0.25) is 0 Å². The van der Waals surface area contributed by atoms with Crippen molar-refractivity contribution in [2.24, 2.45) is 11.8 Å². The minimum Gasteiger partial charge on any atom is -0.469 e. The number of methoxy groups -OCH3 is 2. The highest BCUT2D eigenvalue weighted by atomic mass is 16.5. The molecule has 110 valence electrons. The highest BCUT2D eigenvalue weighted by Gasteiger charge is 2.33. The molecule has 0 radical (unpaired) electrons. The molecule has 0 amide bonds. The Morgan fingerprint density at radius 1 is 1.15 bits per heavy atom.